The van der Waals surface area contributed by atoms with Crippen LogP contribution in [-0.4, -0.2) is 49.3 Å². The van der Waals surface area contributed by atoms with Crippen molar-refractivity contribution in [2.24, 2.45) is 5.92 Å². The number of carbonyl (C=O) groups is 1. The summed E-state index contributed by atoms with van der Waals surface area (Å²) in [4.78, 5) is 17.6. The summed E-state index contributed by atoms with van der Waals surface area (Å²) in [5, 5.41) is -0.300. The summed E-state index contributed by atoms with van der Waals surface area (Å²) in [6.45, 7) is 12.6. The number of hydrazine groups is 1. The molecule has 1 aromatic heterocycles. The minimum absolute atomic E-state index is 0.0308. The van der Waals surface area contributed by atoms with Crippen LogP contribution in [0.3, 0.4) is 0 Å². The molecule has 1 fully saturated rings. The molecule has 17 heteroatoms. The van der Waals surface area contributed by atoms with E-state index in [1.165, 1.54) is 11.0 Å². The van der Waals surface area contributed by atoms with Crippen LogP contribution in [0.2, 0.25) is 18.1 Å². The molecule has 2 unspecified atom stereocenters. The molecule has 0 saturated heterocycles. The number of aromatic nitrogens is 1. The fraction of sp³-hybridized carbons (Fsp3) is 0.613. The monoisotopic (exact) mass is 708 g/mol. The van der Waals surface area contributed by atoms with Crippen LogP contribution in [-0.2, 0) is 27.3 Å². The zero-order chi connectivity index (χ0) is 35.7. The molecule has 2 aromatic rings. The van der Waals surface area contributed by atoms with E-state index in [0.29, 0.717) is 17.9 Å². The standard InChI is InChI=1S/C31H39F7N4O5Si/c1-17-13-28(14-17,47-48(6,7)27(3,4)5)29(32)21-11-20(12-22(30(33,34)35)24(21)40-41-29)45-16-46-26(43)42-9-8-19(10-18(42)2)25-39-23(15-44-25)31(36,37)38/h10-12,15,17-18,40-41H,8-9,13-14,16H2,1-7H3. The quantitative estimate of drug-likeness (QED) is 0.128. The molecular weight excluding hydrogens is 669 g/mol. The van der Waals surface area contributed by atoms with Crippen LogP contribution in [0.15, 0.2) is 28.9 Å². The Labute approximate surface area is 274 Å². The van der Waals surface area contributed by atoms with Crippen molar-refractivity contribution in [1.29, 1.82) is 0 Å². The first-order valence-electron chi connectivity index (χ1n) is 15.5. The first-order chi connectivity index (χ1) is 22.0. The lowest BCUT2D eigenvalue weighted by atomic mass is 9.65. The fourth-order valence-electron chi connectivity index (χ4n) is 6.17. The highest BCUT2D eigenvalue weighted by molar-refractivity contribution is 6.74. The Kier molecular flexibility index (Phi) is 8.94. The van der Waals surface area contributed by atoms with Crippen LogP contribution in [0, 0.1) is 5.92 Å². The van der Waals surface area contributed by atoms with Crippen molar-refractivity contribution in [3.8, 4) is 5.75 Å². The number of nitrogens with zero attached hydrogens (tertiary/aromatic N) is 2. The van der Waals surface area contributed by atoms with E-state index in [-0.39, 0.29) is 54.0 Å². The number of oxazole rings is 1. The van der Waals surface area contributed by atoms with E-state index in [1.54, 1.807) is 6.92 Å². The molecule has 3 heterocycles. The van der Waals surface area contributed by atoms with E-state index in [9.17, 15) is 31.1 Å². The average Bonchev–Trinajstić information content (AvgIpc) is 3.57. The molecule has 2 atom stereocenters. The summed E-state index contributed by atoms with van der Waals surface area (Å²) in [6.07, 6.45) is -7.79. The molecule has 3 aliphatic rings. The molecular formula is C31H39F7N4O5Si. The molecule has 1 aliphatic carbocycles. The normalized spacial score (nSPS) is 26.4. The number of benzene rings is 1. The zero-order valence-electron chi connectivity index (χ0n) is 27.6. The van der Waals surface area contributed by atoms with E-state index in [1.807, 2.05) is 40.8 Å². The predicted octanol–water partition coefficient (Wildman–Crippen LogP) is 8.61. The van der Waals surface area contributed by atoms with Crippen molar-refractivity contribution in [3.63, 3.8) is 0 Å². The third-order valence-corrected chi connectivity index (χ3v) is 14.2. The number of nitrogens with one attached hydrogen (secondary N) is 2. The van der Waals surface area contributed by atoms with Crippen LogP contribution in [0.25, 0.3) is 5.57 Å². The summed E-state index contributed by atoms with van der Waals surface area (Å²) in [5.74, 6) is -3.07. The van der Waals surface area contributed by atoms with Gasteiger partial charge in [0.25, 0.3) is 0 Å². The molecule has 9 nitrogen and oxygen atoms in total. The largest absolute Gasteiger partial charge is 0.457 e. The van der Waals surface area contributed by atoms with E-state index >= 15 is 4.39 Å². The Morgan fingerprint density at radius 3 is 2.31 bits per heavy atom. The first kappa shape index (κ1) is 36.0. The van der Waals surface area contributed by atoms with Crippen LogP contribution in [0.5, 0.6) is 5.75 Å². The van der Waals surface area contributed by atoms with E-state index in [2.05, 4.69) is 15.8 Å². The maximum Gasteiger partial charge on any atom is 0.436 e. The smallest absolute Gasteiger partial charge is 0.436 e. The van der Waals surface area contributed by atoms with Gasteiger partial charge in [-0.3, -0.25) is 0 Å². The van der Waals surface area contributed by atoms with Crippen LogP contribution >= 0.6 is 0 Å². The molecule has 2 N–H and O–H groups in total. The second kappa shape index (κ2) is 11.9. The van der Waals surface area contributed by atoms with Gasteiger partial charge in [0.15, 0.2) is 14.0 Å². The maximum atomic E-state index is 17.3. The molecule has 2 aliphatic heterocycles. The Morgan fingerprint density at radius 1 is 1.10 bits per heavy atom. The Morgan fingerprint density at radius 2 is 1.77 bits per heavy atom. The summed E-state index contributed by atoms with van der Waals surface area (Å²) in [5.41, 5.74) is 0.662. The SMILES string of the molecule is CC1CC(O[Si](C)(C)C(C)(C)C)(C2(F)NNc3c(C(F)(F)F)cc(OCOC(=O)N4CCC(c5nc(C(F)(F)F)co5)=CC4C)cc32)C1. The number of halogens is 7. The maximum absolute atomic E-state index is 17.3. The highest BCUT2D eigenvalue weighted by atomic mass is 28.4. The fourth-order valence-corrected chi connectivity index (χ4v) is 7.76. The van der Waals surface area contributed by atoms with Crippen LogP contribution < -0.4 is 15.6 Å². The minimum Gasteiger partial charge on any atom is -0.457 e. The van der Waals surface area contributed by atoms with Gasteiger partial charge in [0.2, 0.25) is 18.5 Å². The van der Waals surface area contributed by atoms with Gasteiger partial charge >= 0.3 is 18.4 Å². The second-order valence-corrected chi connectivity index (χ2v) is 19.0. The molecule has 0 spiro atoms. The lowest BCUT2D eigenvalue weighted by Crippen LogP contribution is -2.67. The summed E-state index contributed by atoms with van der Waals surface area (Å²) in [7, 11) is -2.61. The number of carbonyl (C=O) groups excluding carboxylic acids is 1. The Bertz CT molecular complexity index is 1580. The van der Waals surface area contributed by atoms with Crippen molar-refractivity contribution in [2.45, 2.75) is 102 Å². The van der Waals surface area contributed by atoms with E-state index < -0.39 is 67.9 Å². The minimum atomic E-state index is -4.89. The summed E-state index contributed by atoms with van der Waals surface area (Å²) in [6, 6.07) is 1.20. The van der Waals surface area contributed by atoms with Crippen LogP contribution in [0.4, 0.5) is 41.2 Å². The Balaban J connectivity index is 1.33. The number of anilines is 1. The van der Waals surface area contributed by atoms with Gasteiger partial charge in [-0.2, -0.15) is 31.8 Å². The first-order valence-corrected chi connectivity index (χ1v) is 18.4. The van der Waals surface area contributed by atoms with Gasteiger partial charge in [0.1, 0.15) is 17.6 Å². The van der Waals surface area contributed by atoms with Gasteiger partial charge in [-0.05, 0) is 62.4 Å². The zero-order valence-corrected chi connectivity index (χ0v) is 28.6. The van der Waals surface area contributed by atoms with Gasteiger partial charge in [-0.1, -0.05) is 33.8 Å². The molecule has 1 saturated carbocycles. The molecule has 5 rings (SSSR count). The number of alkyl halides is 7. The predicted molar refractivity (Wildman–Crippen MR) is 163 cm³/mol. The number of rotatable bonds is 7. The van der Waals surface area contributed by atoms with Gasteiger partial charge < -0.3 is 28.6 Å². The Hall–Kier alpha value is -3.31. The number of amides is 1. The molecule has 1 aromatic carbocycles. The van der Waals surface area contributed by atoms with Crippen LogP contribution in [0.1, 0.15) is 76.6 Å². The van der Waals surface area contributed by atoms with E-state index in [4.69, 9.17) is 18.3 Å². The molecule has 0 radical (unpaired) electrons. The molecule has 48 heavy (non-hydrogen) atoms. The number of fused-ring (bicyclic) bond motifs is 1. The summed E-state index contributed by atoms with van der Waals surface area (Å²) < 4.78 is 121. The van der Waals surface area contributed by atoms with Crippen molar-refractivity contribution in [3.05, 3.63) is 47.2 Å². The molecule has 0 bridgehead atoms. The van der Waals surface area contributed by atoms with Crippen molar-refractivity contribution in [2.75, 3.05) is 18.8 Å². The van der Waals surface area contributed by atoms with Gasteiger partial charge in [0.05, 0.1) is 17.3 Å². The lowest BCUT2D eigenvalue weighted by molar-refractivity contribution is -0.177. The number of ether oxygens (including phenoxy) is 2. The summed E-state index contributed by atoms with van der Waals surface area (Å²) >= 11 is 0. The van der Waals surface area contributed by atoms with Crippen molar-refractivity contribution in [1.82, 2.24) is 15.3 Å². The second-order valence-electron chi connectivity index (χ2n) is 14.3. The van der Waals surface area contributed by atoms with Crippen molar-refractivity contribution < 1.29 is 53.8 Å². The average molecular weight is 709 g/mol. The van der Waals surface area contributed by atoms with Gasteiger partial charge in [-0.15, -0.1) is 0 Å². The highest BCUT2D eigenvalue weighted by Crippen LogP contribution is 2.60. The number of hydrogen-bond donors (Lipinski definition) is 2. The van der Waals surface area contributed by atoms with Crippen molar-refractivity contribution >= 4 is 25.7 Å². The lowest BCUT2D eigenvalue weighted by Gasteiger charge is -2.57. The third kappa shape index (κ3) is 6.52. The van der Waals surface area contributed by atoms with Gasteiger partial charge in [0, 0.05) is 17.7 Å². The molecule has 1 amide bonds. The highest BCUT2D eigenvalue weighted by Gasteiger charge is 2.66. The third-order valence-electron chi connectivity index (χ3n) is 9.66. The number of hydrogen-bond acceptors (Lipinski definition) is 8. The van der Waals surface area contributed by atoms with Gasteiger partial charge in [-0.25, -0.2) is 14.2 Å². The topological polar surface area (TPSA) is 98.1 Å². The molecule has 266 valence electrons. The van der Waals surface area contributed by atoms with E-state index in [0.717, 1.165) is 6.07 Å².